The van der Waals surface area contributed by atoms with E-state index in [1.807, 2.05) is 6.92 Å². The van der Waals surface area contributed by atoms with Gasteiger partial charge in [-0.05, 0) is 84.4 Å². The summed E-state index contributed by atoms with van der Waals surface area (Å²) in [6.07, 6.45) is 1.68. The summed E-state index contributed by atoms with van der Waals surface area (Å²) in [5.41, 5.74) is 2.08. The van der Waals surface area contributed by atoms with Crippen LogP contribution < -0.4 is 4.74 Å². The van der Waals surface area contributed by atoms with Gasteiger partial charge in [-0.3, -0.25) is 9.69 Å². The third-order valence-electron chi connectivity index (χ3n) is 5.16. The Morgan fingerprint density at radius 2 is 1.75 bits per heavy atom. The molecule has 36 heavy (non-hydrogen) atoms. The van der Waals surface area contributed by atoms with Crippen LogP contribution in [0.5, 0.6) is 5.75 Å². The topological polar surface area (TPSA) is 79.2 Å². The Labute approximate surface area is 221 Å². The van der Waals surface area contributed by atoms with Crippen LogP contribution >= 0.6 is 35.0 Å². The maximum Gasteiger partial charge on any atom is 0.335 e. The first-order valence-corrected chi connectivity index (χ1v) is 12.3. The Hall–Kier alpha value is -3.33. The molecule has 1 aliphatic heterocycles. The van der Waals surface area contributed by atoms with E-state index in [1.165, 1.54) is 40.9 Å². The fraction of sp³-hybridized carbons (Fsp3) is 0.115. The summed E-state index contributed by atoms with van der Waals surface area (Å²) in [4.78, 5) is 30.4. The van der Waals surface area contributed by atoms with Crippen molar-refractivity contribution in [1.82, 2.24) is 4.90 Å². The quantitative estimate of drug-likeness (QED) is 0.323. The highest BCUT2D eigenvalue weighted by Crippen LogP contribution is 2.38. The zero-order valence-electron chi connectivity index (χ0n) is 18.9. The summed E-state index contributed by atoms with van der Waals surface area (Å²) in [5, 5.41) is 10.0. The Morgan fingerprint density at radius 1 is 1.11 bits per heavy atom. The lowest BCUT2D eigenvalue weighted by Crippen LogP contribution is -2.28. The van der Waals surface area contributed by atoms with Gasteiger partial charge >= 0.3 is 5.97 Å². The number of likely N-dealkylation sites (N-methyl/N-ethyl adjacent to an activating group) is 1. The normalized spacial score (nSPS) is 15.7. The second kappa shape index (κ2) is 11.2. The highest BCUT2D eigenvalue weighted by atomic mass is 35.5. The van der Waals surface area contributed by atoms with Gasteiger partial charge in [0, 0.05) is 6.54 Å². The molecule has 0 aromatic heterocycles. The molecule has 1 N–H and O–H groups in total. The third-order valence-corrected chi connectivity index (χ3v) is 6.73. The summed E-state index contributed by atoms with van der Waals surface area (Å²) < 4.78 is 19.0. The van der Waals surface area contributed by atoms with Crippen molar-refractivity contribution in [3.05, 3.63) is 98.1 Å². The monoisotopic (exact) mass is 544 g/mol. The minimum atomic E-state index is -1.01. The molecule has 0 atom stereocenters. The van der Waals surface area contributed by atoms with Gasteiger partial charge < -0.3 is 9.84 Å². The Kier molecular flexibility index (Phi) is 7.98. The van der Waals surface area contributed by atoms with Crippen molar-refractivity contribution in [2.24, 2.45) is 4.99 Å². The standard InChI is InChI=1S/C26H19Cl2FN2O4S/c1-2-31-24(32)22(36-26(31)30-19-9-7-18(29)8-10-19)13-16-11-20(27)23(21(28)12-16)35-14-15-3-5-17(6-4-15)25(33)34/h3-13H,2,14H2,1H3,(H,33,34)/b22-13+,30-26?. The number of carboxylic acid groups (broad SMARTS) is 1. The predicted octanol–water partition coefficient (Wildman–Crippen LogP) is 7.03. The van der Waals surface area contributed by atoms with Gasteiger partial charge in [-0.2, -0.15) is 0 Å². The fourth-order valence-corrected chi connectivity index (χ4v) is 5.02. The van der Waals surface area contributed by atoms with Crippen molar-refractivity contribution in [3.63, 3.8) is 0 Å². The van der Waals surface area contributed by atoms with Gasteiger partial charge in [-0.15, -0.1) is 0 Å². The van der Waals surface area contributed by atoms with Crippen LogP contribution in [0.15, 0.2) is 70.6 Å². The van der Waals surface area contributed by atoms with Gasteiger partial charge in [0.2, 0.25) is 0 Å². The number of amides is 1. The highest BCUT2D eigenvalue weighted by Gasteiger charge is 2.32. The molecule has 3 aromatic carbocycles. The van der Waals surface area contributed by atoms with Crippen molar-refractivity contribution in [3.8, 4) is 5.75 Å². The van der Waals surface area contributed by atoms with Crippen LogP contribution in [-0.4, -0.2) is 33.6 Å². The number of benzene rings is 3. The molecule has 0 unspecified atom stereocenters. The lowest BCUT2D eigenvalue weighted by molar-refractivity contribution is -0.122. The van der Waals surface area contributed by atoms with Gasteiger partial charge in [-0.1, -0.05) is 35.3 Å². The van der Waals surface area contributed by atoms with Gasteiger partial charge in [-0.25, -0.2) is 14.2 Å². The molecule has 10 heteroatoms. The number of halogens is 3. The zero-order valence-corrected chi connectivity index (χ0v) is 21.2. The van der Waals surface area contributed by atoms with Gasteiger partial charge in [0.25, 0.3) is 5.91 Å². The molecule has 0 bridgehead atoms. The molecule has 3 aromatic rings. The smallest absolute Gasteiger partial charge is 0.335 e. The van der Waals surface area contributed by atoms with Gasteiger partial charge in [0.15, 0.2) is 10.9 Å². The number of amidine groups is 1. The van der Waals surface area contributed by atoms with Crippen LogP contribution in [0.1, 0.15) is 28.4 Å². The lowest BCUT2D eigenvalue weighted by atomic mass is 10.1. The molecule has 1 fully saturated rings. The van der Waals surface area contributed by atoms with Crippen LogP contribution in [-0.2, 0) is 11.4 Å². The molecule has 0 radical (unpaired) electrons. The molecule has 1 amide bonds. The Morgan fingerprint density at radius 3 is 2.33 bits per heavy atom. The molecule has 1 saturated heterocycles. The number of ether oxygens (including phenoxy) is 1. The first-order chi connectivity index (χ1) is 17.2. The van der Waals surface area contributed by atoms with Crippen molar-refractivity contribution in [2.45, 2.75) is 13.5 Å². The second-order valence-corrected chi connectivity index (χ2v) is 9.46. The van der Waals surface area contributed by atoms with E-state index < -0.39 is 5.97 Å². The van der Waals surface area contributed by atoms with E-state index in [-0.39, 0.29) is 39.7 Å². The average molecular weight is 545 g/mol. The molecule has 6 nitrogen and oxygen atoms in total. The summed E-state index contributed by atoms with van der Waals surface area (Å²) in [5.74, 6) is -1.30. The lowest BCUT2D eigenvalue weighted by Gasteiger charge is -2.12. The van der Waals surface area contributed by atoms with Crippen LogP contribution in [0.4, 0.5) is 10.1 Å². The maximum absolute atomic E-state index is 13.2. The molecule has 0 aliphatic carbocycles. The van der Waals surface area contributed by atoms with Crippen molar-refractivity contribution < 1.29 is 23.8 Å². The van der Waals surface area contributed by atoms with Crippen molar-refractivity contribution in [2.75, 3.05) is 6.54 Å². The largest absolute Gasteiger partial charge is 0.486 e. The number of hydrogen-bond donors (Lipinski definition) is 1. The highest BCUT2D eigenvalue weighted by molar-refractivity contribution is 8.18. The summed E-state index contributed by atoms with van der Waals surface area (Å²) in [6, 6.07) is 15.3. The first-order valence-electron chi connectivity index (χ1n) is 10.7. The summed E-state index contributed by atoms with van der Waals surface area (Å²) in [6.45, 7) is 2.41. The van der Waals surface area contributed by atoms with Crippen molar-refractivity contribution in [1.29, 1.82) is 0 Å². The number of carbonyl (C=O) groups is 2. The molecular formula is C26H19Cl2FN2O4S. The molecule has 0 saturated carbocycles. The molecular weight excluding hydrogens is 526 g/mol. The molecule has 0 spiro atoms. The number of aliphatic imine (C=N–C) groups is 1. The number of hydrogen-bond acceptors (Lipinski definition) is 5. The predicted molar refractivity (Wildman–Crippen MR) is 141 cm³/mol. The molecule has 1 aliphatic rings. The average Bonchev–Trinajstić information content (AvgIpc) is 3.13. The summed E-state index contributed by atoms with van der Waals surface area (Å²) >= 11 is 14.0. The van der Waals surface area contributed by atoms with E-state index in [0.29, 0.717) is 27.9 Å². The van der Waals surface area contributed by atoms with E-state index in [9.17, 15) is 14.0 Å². The van der Waals surface area contributed by atoms with Gasteiger partial charge in [0.1, 0.15) is 12.4 Å². The van der Waals surface area contributed by atoms with E-state index in [1.54, 1.807) is 42.5 Å². The Balaban J connectivity index is 1.52. The van der Waals surface area contributed by atoms with E-state index in [2.05, 4.69) is 4.99 Å². The van der Waals surface area contributed by atoms with Crippen LogP contribution in [0.2, 0.25) is 10.0 Å². The number of thioether (sulfide) groups is 1. The number of aromatic carboxylic acids is 1. The number of nitrogens with zero attached hydrogens (tertiary/aromatic N) is 2. The fourth-order valence-electron chi connectivity index (χ4n) is 3.35. The minimum absolute atomic E-state index is 0.142. The minimum Gasteiger partial charge on any atom is -0.486 e. The molecule has 4 rings (SSSR count). The Bertz CT molecular complexity index is 1350. The third kappa shape index (κ3) is 5.90. The van der Waals surface area contributed by atoms with Gasteiger partial charge in [0.05, 0.1) is 26.2 Å². The summed E-state index contributed by atoms with van der Waals surface area (Å²) in [7, 11) is 0. The van der Waals surface area contributed by atoms with Crippen LogP contribution in [0.25, 0.3) is 6.08 Å². The van der Waals surface area contributed by atoms with E-state index in [0.717, 1.165) is 5.56 Å². The number of carbonyl (C=O) groups excluding carboxylic acids is 1. The zero-order chi connectivity index (χ0) is 25.8. The molecule has 1 heterocycles. The van der Waals surface area contributed by atoms with Crippen LogP contribution in [0.3, 0.4) is 0 Å². The number of rotatable bonds is 7. The second-order valence-electron chi connectivity index (χ2n) is 7.64. The number of carboxylic acids is 1. The SMILES string of the molecule is CCN1C(=O)/C(=C\c2cc(Cl)c(OCc3ccc(C(=O)O)cc3)c(Cl)c2)SC1=Nc1ccc(F)cc1. The maximum atomic E-state index is 13.2. The van der Waals surface area contributed by atoms with E-state index >= 15 is 0 Å². The van der Waals surface area contributed by atoms with Crippen LogP contribution in [0, 0.1) is 5.82 Å². The molecule has 184 valence electrons. The van der Waals surface area contributed by atoms with Crippen molar-refractivity contribution >= 4 is 63.8 Å². The first kappa shape index (κ1) is 25.8. The van der Waals surface area contributed by atoms with E-state index in [4.69, 9.17) is 33.0 Å².